The lowest BCUT2D eigenvalue weighted by atomic mass is 9.98. The van der Waals surface area contributed by atoms with Crippen molar-refractivity contribution >= 4 is 38.3 Å². The summed E-state index contributed by atoms with van der Waals surface area (Å²) in [4.78, 5) is 10.6. The topological polar surface area (TPSA) is 67.7 Å². The Labute approximate surface area is 153 Å². The smallest absolute Gasteiger partial charge is 0.164 e. The predicted octanol–water partition coefficient (Wildman–Crippen LogP) is 3.42. The van der Waals surface area contributed by atoms with E-state index in [-0.39, 0.29) is 0 Å². The van der Waals surface area contributed by atoms with Gasteiger partial charge in [0.25, 0.3) is 0 Å². The van der Waals surface area contributed by atoms with Gasteiger partial charge in [-0.3, -0.25) is 4.90 Å². The average molecular weight is 402 g/mol. The maximum Gasteiger partial charge on any atom is 0.164 e. The van der Waals surface area contributed by atoms with Gasteiger partial charge in [0.2, 0.25) is 0 Å². The van der Waals surface area contributed by atoms with E-state index in [2.05, 4.69) is 25.9 Å². The molecule has 128 valence electrons. The standard InChI is InChI=1S/C18H16BrN3O3/c1-24-14-8-13-16-12(17(14)25-2)7-15(23)22(18(16)21-9-20-13)11-5-3-4-10(19)6-11/h3-6,8-9,15,23H,7H2,1-2H3. The summed E-state index contributed by atoms with van der Waals surface area (Å²) in [5, 5.41) is 11.7. The van der Waals surface area contributed by atoms with Crippen LogP contribution in [0, 0.1) is 0 Å². The van der Waals surface area contributed by atoms with Crippen LogP contribution in [-0.4, -0.2) is 35.5 Å². The van der Waals surface area contributed by atoms with Crippen LogP contribution in [0.1, 0.15) is 5.56 Å². The van der Waals surface area contributed by atoms with Crippen LogP contribution >= 0.6 is 15.9 Å². The molecule has 0 amide bonds. The molecule has 25 heavy (non-hydrogen) atoms. The number of aliphatic hydroxyl groups is 1. The minimum Gasteiger partial charge on any atom is -0.493 e. The zero-order valence-electron chi connectivity index (χ0n) is 13.7. The van der Waals surface area contributed by atoms with E-state index in [4.69, 9.17) is 9.47 Å². The molecule has 0 saturated heterocycles. The van der Waals surface area contributed by atoms with Gasteiger partial charge < -0.3 is 14.6 Å². The van der Waals surface area contributed by atoms with Crippen molar-refractivity contribution in [2.24, 2.45) is 0 Å². The zero-order chi connectivity index (χ0) is 17.6. The zero-order valence-corrected chi connectivity index (χ0v) is 15.3. The molecule has 1 aromatic heterocycles. The van der Waals surface area contributed by atoms with Crippen molar-refractivity contribution < 1.29 is 14.6 Å². The largest absolute Gasteiger partial charge is 0.493 e. The molecular formula is C18H16BrN3O3. The van der Waals surface area contributed by atoms with Crippen molar-refractivity contribution in [2.45, 2.75) is 12.6 Å². The molecule has 2 aromatic carbocycles. The van der Waals surface area contributed by atoms with E-state index in [0.717, 1.165) is 26.6 Å². The Hall–Kier alpha value is -2.38. The minimum absolute atomic E-state index is 0.379. The molecule has 1 N–H and O–H groups in total. The number of hydrogen-bond donors (Lipinski definition) is 1. The maximum atomic E-state index is 10.8. The Morgan fingerprint density at radius 1 is 1.20 bits per heavy atom. The molecule has 3 aromatic rings. The summed E-state index contributed by atoms with van der Waals surface area (Å²) in [5.74, 6) is 1.86. The molecule has 0 fully saturated rings. The number of nitrogens with zero attached hydrogens (tertiary/aromatic N) is 3. The first-order valence-corrected chi connectivity index (χ1v) is 8.54. The molecule has 0 aliphatic carbocycles. The number of aliphatic hydroxyl groups excluding tert-OH is 1. The van der Waals surface area contributed by atoms with Crippen molar-refractivity contribution in [3.8, 4) is 11.5 Å². The second kappa shape index (κ2) is 6.16. The van der Waals surface area contributed by atoms with Gasteiger partial charge in [0.15, 0.2) is 11.5 Å². The molecule has 1 aliphatic heterocycles. The second-order valence-corrected chi connectivity index (χ2v) is 6.63. The number of aromatic nitrogens is 2. The summed E-state index contributed by atoms with van der Waals surface area (Å²) in [6, 6.07) is 9.59. The Balaban J connectivity index is 2.02. The molecule has 0 bridgehead atoms. The van der Waals surface area contributed by atoms with Gasteiger partial charge in [0.1, 0.15) is 18.4 Å². The first-order valence-electron chi connectivity index (χ1n) is 7.75. The number of anilines is 2. The molecule has 0 spiro atoms. The maximum absolute atomic E-state index is 10.8. The molecule has 1 unspecified atom stereocenters. The molecule has 1 atom stereocenters. The van der Waals surface area contributed by atoms with E-state index < -0.39 is 6.23 Å². The van der Waals surface area contributed by atoms with Crippen molar-refractivity contribution in [1.82, 2.24) is 9.97 Å². The lowest BCUT2D eigenvalue weighted by Crippen LogP contribution is -2.36. The number of hydrogen-bond acceptors (Lipinski definition) is 6. The quantitative estimate of drug-likeness (QED) is 0.724. The van der Waals surface area contributed by atoms with E-state index >= 15 is 0 Å². The highest BCUT2D eigenvalue weighted by Crippen LogP contribution is 2.45. The van der Waals surface area contributed by atoms with Crippen molar-refractivity contribution in [3.05, 3.63) is 46.7 Å². The van der Waals surface area contributed by atoms with Gasteiger partial charge in [-0.2, -0.15) is 0 Å². The van der Waals surface area contributed by atoms with E-state index in [1.807, 2.05) is 35.2 Å². The Morgan fingerprint density at radius 2 is 2.04 bits per heavy atom. The molecule has 0 saturated carbocycles. The molecule has 0 radical (unpaired) electrons. The molecule has 1 aliphatic rings. The van der Waals surface area contributed by atoms with Crippen molar-refractivity contribution in [2.75, 3.05) is 19.1 Å². The van der Waals surface area contributed by atoms with Crippen molar-refractivity contribution in [1.29, 1.82) is 0 Å². The highest BCUT2D eigenvalue weighted by molar-refractivity contribution is 9.10. The van der Waals surface area contributed by atoms with E-state index in [1.54, 1.807) is 14.2 Å². The number of benzene rings is 2. The van der Waals surface area contributed by atoms with Gasteiger partial charge >= 0.3 is 0 Å². The molecular weight excluding hydrogens is 386 g/mol. The van der Waals surface area contributed by atoms with Crippen LogP contribution in [0.15, 0.2) is 41.1 Å². The van der Waals surface area contributed by atoms with Gasteiger partial charge in [-0.05, 0) is 18.2 Å². The highest BCUT2D eigenvalue weighted by Gasteiger charge is 2.32. The summed E-state index contributed by atoms with van der Waals surface area (Å²) in [5.41, 5.74) is 2.46. The Bertz CT molecular complexity index is 964. The van der Waals surface area contributed by atoms with Crippen LogP contribution in [0.4, 0.5) is 11.5 Å². The Kier molecular flexibility index (Phi) is 3.97. The van der Waals surface area contributed by atoms with E-state index in [0.29, 0.717) is 23.7 Å². The lowest BCUT2D eigenvalue weighted by Gasteiger charge is -2.35. The third-order valence-electron chi connectivity index (χ3n) is 4.35. The molecule has 6 nitrogen and oxygen atoms in total. The van der Waals surface area contributed by atoms with Crippen LogP contribution in [0.25, 0.3) is 10.9 Å². The third kappa shape index (κ3) is 2.51. The fourth-order valence-electron chi connectivity index (χ4n) is 3.33. The van der Waals surface area contributed by atoms with Gasteiger partial charge in [-0.1, -0.05) is 22.0 Å². The lowest BCUT2D eigenvalue weighted by molar-refractivity contribution is 0.177. The summed E-state index contributed by atoms with van der Waals surface area (Å²) in [6.07, 6.45) is 1.10. The third-order valence-corrected chi connectivity index (χ3v) is 4.84. The van der Waals surface area contributed by atoms with Gasteiger partial charge in [0.05, 0.1) is 25.1 Å². The molecule has 4 rings (SSSR count). The summed E-state index contributed by atoms with van der Waals surface area (Å²) in [6.45, 7) is 0. The van der Waals surface area contributed by atoms with E-state index in [1.165, 1.54) is 6.33 Å². The minimum atomic E-state index is -0.777. The van der Waals surface area contributed by atoms with Crippen LogP contribution in [-0.2, 0) is 6.42 Å². The van der Waals surface area contributed by atoms with Crippen molar-refractivity contribution in [3.63, 3.8) is 0 Å². The monoisotopic (exact) mass is 401 g/mol. The average Bonchev–Trinajstić information content (AvgIpc) is 2.61. The number of rotatable bonds is 3. The van der Waals surface area contributed by atoms with Gasteiger partial charge in [-0.25, -0.2) is 9.97 Å². The van der Waals surface area contributed by atoms with Gasteiger partial charge in [-0.15, -0.1) is 0 Å². The summed E-state index contributed by atoms with van der Waals surface area (Å²) >= 11 is 3.48. The van der Waals surface area contributed by atoms with Crippen LogP contribution in [0.2, 0.25) is 0 Å². The highest BCUT2D eigenvalue weighted by atomic mass is 79.9. The number of methoxy groups -OCH3 is 2. The second-order valence-electron chi connectivity index (χ2n) is 5.72. The normalized spacial score (nSPS) is 16.2. The van der Waals surface area contributed by atoms with Crippen LogP contribution in [0.5, 0.6) is 11.5 Å². The number of halogens is 1. The first-order chi connectivity index (χ1) is 12.1. The summed E-state index contributed by atoms with van der Waals surface area (Å²) < 4.78 is 11.9. The van der Waals surface area contributed by atoms with E-state index in [9.17, 15) is 5.11 Å². The van der Waals surface area contributed by atoms with Crippen LogP contribution in [0.3, 0.4) is 0 Å². The van der Waals surface area contributed by atoms with Crippen LogP contribution < -0.4 is 14.4 Å². The first kappa shape index (κ1) is 16.1. The molecule has 7 heteroatoms. The summed E-state index contributed by atoms with van der Waals surface area (Å²) in [7, 11) is 3.18. The predicted molar refractivity (Wildman–Crippen MR) is 98.6 cm³/mol. The fraction of sp³-hybridized carbons (Fsp3) is 0.222. The van der Waals surface area contributed by atoms with Gasteiger partial charge in [0, 0.05) is 28.2 Å². The molecule has 2 heterocycles. The fourth-order valence-corrected chi connectivity index (χ4v) is 3.72. The number of ether oxygens (including phenoxy) is 2. The Morgan fingerprint density at radius 3 is 2.76 bits per heavy atom. The SMILES string of the molecule is COc1cc2ncnc3c2c(c1OC)CC(O)N3c1cccc(Br)c1.